The third-order valence-corrected chi connectivity index (χ3v) is 5.79. The molecule has 1 aliphatic heterocycles. The van der Waals surface area contributed by atoms with Crippen molar-refractivity contribution < 1.29 is 22.4 Å². The van der Waals surface area contributed by atoms with E-state index in [1.807, 2.05) is 0 Å². The summed E-state index contributed by atoms with van der Waals surface area (Å²) in [7, 11) is -3.76. The molecule has 2 amide bonds. The lowest BCUT2D eigenvalue weighted by Gasteiger charge is -2.35. The molecule has 9 heteroatoms. The smallest absolute Gasteiger partial charge is 0.238 e. The number of sulfonamides is 1. The zero-order valence-electron chi connectivity index (χ0n) is 15.8. The highest BCUT2D eigenvalue weighted by molar-refractivity contribution is 7.89. The quantitative estimate of drug-likeness (QED) is 0.779. The Balaban J connectivity index is 1.50. The molecule has 1 fully saturated rings. The van der Waals surface area contributed by atoms with Gasteiger partial charge in [-0.2, -0.15) is 0 Å². The van der Waals surface area contributed by atoms with Crippen LogP contribution in [0.2, 0.25) is 0 Å². The summed E-state index contributed by atoms with van der Waals surface area (Å²) in [5.74, 6) is -0.478. The number of primary sulfonamides is 1. The number of hydrogen-bond acceptors (Lipinski definition) is 4. The van der Waals surface area contributed by atoms with Gasteiger partial charge in [-0.25, -0.2) is 17.9 Å². The van der Waals surface area contributed by atoms with Crippen LogP contribution in [0.4, 0.5) is 4.39 Å². The largest absolute Gasteiger partial charge is 0.339 e. The van der Waals surface area contributed by atoms with Crippen LogP contribution in [0.3, 0.4) is 0 Å². The first-order chi connectivity index (χ1) is 13.7. The highest BCUT2D eigenvalue weighted by atomic mass is 32.2. The molecule has 2 aromatic carbocycles. The zero-order valence-corrected chi connectivity index (χ0v) is 16.6. The van der Waals surface area contributed by atoms with Gasteiger partial charge in [-0.15, -0.1) is 0 Å². The van der Waals surface area contributed by atoms with E-state index in [2.05, 4.69) is 0 Å². The molecule has 0 aliphatic carbocycles. The fourth-order valence-corrected chi connectivity index (χ4v) is 3.69. The molecule has 0 saturated carbocycles. The van der Waals surface area contributed by atoms with Crippen LogP contribution in [0.25, 0.3) is 0 Å². The predicted octanol–water partition coefficient (Wildman–Crippen LogP) is 0.929. The monoisotopic (exact) mass is 419 g/mol. The van der Waals surface area contributed by atoms with Crippen LogP contribution in [0.5, 0.6) is 0 Å². The Morgan fingerprint density at radius 2 is 1.17 bits per heavy atom. The number of nitrogens with zero attached hydrogens (tertiary/aromatic N) is 2. The van der Waals surface area contributed by atoms with Crippen LogP contribution in [0, 0.1) is 5.82 Å². The molecule has 0 atom stereocenters. The van der Waals surface area contributed by atoms with Gasteiger partial charge in [-0.05, 0) is 35.4 Å². The molecule has 1 aliphatic rings. The van der Waals surface area contributed by atoms with Gasteiger partial charge in [0.2, 0.25) is 21.8 Å². The summed E-state index contributed by atoms with van der Waals surface area (Å²) in [4.78, 5) is 28.3. The molecular weight excluding hydrogens is 397 g/mol. The molecule has 1 saturated heterocycles. The summed E-state index contributed by atoms with van der Waals surface area (Å²) in [6.45, 7) is 1.75. The van der Waals surface area contributed by atoms with E-state index in [0.717, 1.165) is 5.56 Å². The molecule has 154 valence electrons. The minimum Gasteiger partial charge on any atom is -0.339 e. The number of rotatable bonds is 5. The first-order valence-corrected chi connectivity index (χ1v) is 10.7. The van der Waals surface area contributed by atoms with E-state index >= 15 is 0 Å². The van der Waals surface area contributed by atoms with Gasteiger partial charge in [0.1, 0.15) is 5.82 Å². The zero-order chi connectivity index (χ0) is 21.0. The lowest BCUT2D eigenvalue weighted by atomic mass is 10.1. The van der Waals surface area contributed by atoms with Gasteiger partial charge in [0, 0.05) is 26.2 Å². The number of amides is 2. The van der Waals surface area contributed by atoms with Gasteiger partial charge >= 0.3 is 0 Å². The molecule has 2 aromatic rings. The van der Waals surface area contributed by atoms with Crippen molar-refractivity contribution in [2.75, 3.05) is 26.2 Å². The Kier molecular flexibility index (Phi) is 6.29. The topological polar surface area (TPSA) is 101 Å². The lowest BCUT2D eigenvalue weighted by Crippen LogP contribution is -2.51. The van der Waals surface area contributed by atoms with E-state index < -0.39 is 10.0 Å². The maximum absolute atomic E-state index is 13.0. The van der Waals surface area contributed by atoms with Gasteiger partial charge < -0.3 is 9.80 Å². The van der Waals surface area contributed by atoms with Crippen LogP contribution >= 0.6 is 0 Å². The molecule has 0 aromatic heterocycles. The van der Waals surface area contributed by atoms with Crippen LogP contribution < -0.4 is 5.14 Å². The van der Waals surface area contributed by atoms with Crippen LogP contribution in [0.1, 0.15) is 11.1 Å². The second kappa shape index (κ2) is 8.71. The highest BCUT2D eigenvalue weighted by Crippen LogP contribution is 2.12. The molecule has 0 spiro atoms. The Bertz CT molecular complexity index is 983. The Hall–Kier alpha value is -2.78. The number of nitrogens with two attached hydrogens (primary N) is 1. The van der Waals surface area contributed by atoms with Crippen LogP contribution in [0.15, 0.2) is 53.4 Å². The second-order valence-electron chi connectivity index (χ2n) is 6.93. The molecule has 0 unspecified atom stereocenters. The average molecular weight is 419 g/mol. The maximum atomic E-state index is 13.0. The van der Waals surface area contributed by atoms with Crippen molar-refractivity contribution in [1.82, 2.24) is 9.80 Å². The Morgan fingerprint density at radius 3 is 1.55 bits per heavy atom. The summed E-state index contributed by atoms with van der Waals surface area (Å²) in [5, 5.41) is 5.07. The lowest BCUT2D eigenvalue weighted by molar-refractivity contribution is -0.138. The van der Waals surface area contributed by atoms with Gasteiger partial charge in [-0.3, -0.25) is 9.59 Å². The van der Waals surface area contributed by atoms with Crippen molar-refractivity contribution in [3.63, 3.8) is 0 Å². The fraction of sp³-hybridized carbons (Fsp3) is 0.300. The molecule has 3 rings (SSSR count). The molecule has 0 bridgehead atoms. The number of halogens is 1. The SMILES string of the molecule is NS(=O)(=O)c1ccc(CC(=O)N2CCN(C(=O)Cc3ccc(F)cc3)CC2)cc1. The van der Waals surface area contributed by atoms with Gasteiger partial charge in [0.15, 0.2) is 0 Å². The highest BCUT2D eigenvalue weighted by Gasteiger charge is 2.24. The summed E-state index contributed by atoms with van der Waals surface area (Å²) >= 11 is 0. The molecule has 1 heterocycles. The standard InChI is InChI=1S/C20H22FN3O4S/c21-17-5-1-15(2-6-17)13-19(25)23-9-11-24(12-10-23)20(26)14-16-3-7-18(8-4-16)29(22,27)28/h1-8H,9-14H2,(H2,22,27,28). The van der Waals surface area contributed by atoms with Crippen LogP contribution in [-0.4, -0.2) is 56.2 Å². The van der Waals surface area contributed by atoms with Crippen molar-refractivity contribution in [3.05, 3.63) is 65.5 Å². The van der Waals surface area contributed by atoms with E-state index in [-0.39, 0.29) is 35.4 Å². The normalized spacial score (nSPS) is 14.7. The van der Waals surface area contributed by atoms with E-state index in [1.165, 1.54) is 24.3 Å². The molecule has 7 nitrogen and oxygen atoms in total. The Labute approximate surface area is 169 Å². The summed E-state index contributed by atoms with van der Waals surface area (Å²) < 4.78 is 35.5. The van der Waals surface area contributed by atoms with E-state index in [9.17, 15) is 22.4 Å². The van der Waals surface area contributed by atoms with Crippen molar-refractivity contribution in [2.45, 2.75) is 17.7 Å². The van der Waals surface area contributed by atoms with Crippen LogP contribution in [-0.2, 0) is 32.5 Å². The number of carbonyl (C=O) groups is 2. The minimum absolute atomic E-state index is 0.00183. The second-order valence-corrected chi connectivity index (χ2v) is 8.49. The van der Waals surface area contributed by atoms with E-state index in [4.69, 9.17) is 5.14 Å². The number of piperazine rings is 1. The minimum atomic E-state index is -3.76. The maximum Gasteiger partial charge on any atom is 0.238 e. The molecule has 0 radical (unpaired) electrons. The summed E-state index contributed by atoms with van der Waals surface area (Å²) in [5.41, 5.74) is 1.44. The first-order valence-electron chi connectivity index (χ1n) is 9.14. The number of hydrogen-bond donors (Lipinski definition) is 1. The summed E-state index contributed by atoms with van der Waals surface area (Å²) in [6, 6.07) is 11.7. The predicted molar refractivity (Wildman–Crippen MR) is 105 cm³/mol. The van der Waals surface area contributed by atoms with Crippen molar-refractivity contribution in [2.24, 2.45) is 5.14 Å². The molecular formula is C20H22FN3O4S. The molecule has 29 heavy (non-hydrogen) atoms. The first kappa shape index (κ1) is 20.9. The van der Waals surface area contributed by atoms with Gasteiger partial charge in [0.25, 0.3) is 0 Å². The number of benzene rings is 2. The number of carbonyl (C=O) groups excluding carboxylic acids is 2. The molecule has 2 N–H and O–H groups in total. The van der Waals surface area contributed by atoms with Gasteiger partial charge in [0.05, 0.1) is 17.7 Å². The Morgan fingerprint density at radius 1 is 0.793 bits per heavy atom. The van der Waals surface area contributed by atoms with Crippen molar-refractivity contribution >= 4 is 21.8 Å². The summed E-state index contributed by atoms with van der Waals surface area (Å²) in [6.07, 6.45) is 0.346. The average Bonchev–Trinajstić information content (AvgIpc) is 2.69. The third-order valence-electron chi connectivity index (χ3n) is 4.86. The third kappa shape index (κ3) is 5.61. The van der Waals surface area contributed by atoms with Crippen molar-refractivity contribution in [3.8, 4) is 0 Å². The fourth-order valence-electron chi connectivity index (χ4n) is 3.18. The van der Waals surface area contributed by atoms with Gasteiger partial charge in [-0.1, -0.05) is 24.3 Å². The van der Waals surface area contributed by atoms with E-state index in [1.54, 1.807) is 34.1 Å². The van der Waals surface area contributed by atoms with E-state index in [0.29, 0.717) is 31.7 Å². The van der Waals surface area contributed by atoms with Crippen molar-refractivity contribution in [1.29, 1.82) is 0 Å².